The zero-order chi connectivity index (χ0) is 15.2. The third-order valence-electron chi connectivity index (χ3n) is 3.52. The summed E-state index contributed by atoms with van der Waals surface area (Å²) >= 11 is 0. The van der Waals surface area contributed by atoms with Crippen LogP contribution in [0.15, 0.2) is 6.33 Å². The van der Waals surface area contributed by atoms with Crippen LogP contribution in [0.5, 0.6) is 0 Å². The van der Waals surface area contributed by atoms with Gasteiger partial charge in [-0.3, -0.25) is 4.57 Å². The maximum Gasteiger partial charge on any atom is 0.312 e. The van der Waals surface area contributed by atoms with Gasteiger partial charge in [-0.2, -0.15) is 14.4 Å². The lowest BCUT2D eigenvalue weighted by molar-refractivity contribution is -0.0891. The topological polar surface area (TPSA) is 119 Å². The molecule has 0 amide bonds. The summed E-state index contributed by atoms with van der Waals surface area (Å²) in [6.07, 6.45) is 3.95. The zero-order valence-corrected chi connectivity index (χ0v) is 10.8. The summed E-state index contributed by atoms with van der Waals surface area (Å²) in [5.74, 6) is 2.16. The van der Waals surface area contributed by atoms with Crippen LogP contribution < -0.4 is 5.73 Å². The third kappa shape index (κ3) is 1.92. The number of terminal acetylenes is 1. The number of nitrogens with two attached hydrogens (primary N) is 1. The van der Waals surface area contributed by atoms with Crippen LogP contribution in [0, 0.1) is 18.4 Å². The average molecular weight is 297 g/mol. The number of fused-ring (bicyclic) bond motifs is 1. The van der Waals surface area contributed by atoms with E-state index in [0.717, 1.165) is 0 Å². The molecule has 1 fully saturated rings. The van der Waals surface area contributed by atoms with Gasteiger partial charge in [0.05, 0.1) is 12.9 Å². The largest absolute Gasteiger partial charge is 0.392 e. The van der Waals surface area contributed by atoms with Crippen molar-refractivity contribution in [1.82, 2.24) is 19.5 Å². The number of nitrogen functional groups attached to an aromatic ring is 1. The zero-order valence-electron chi connectivity index (χ0n) is 10.8. The highest BCUT2D eigenvalue weighted by atomic mass is 19.2. The Bertz CT molecular complexity index is 742. The highest BCUT2D eigenvalue weighted by Crippen LogP contribution is 2.37. The summed E-state index contributed by atoms with van der Waals surface area (Å²) in [6.45, 7) is -0.542. The summed E-state index contributed by atoms with van der Waals surface area (Å²) in [6, 6.07) is 0. The molecule has 0 spiro atoms. The van der Waals surface area contributed by atoms with E-state index < -0.39 is 30.6 Å². The van der Waals surface area contributed by atoms with E-state index in [1.54, 1.807) is 0 Å². The van der Waals surface area contributed by atoms with Gasteiger partial charge >= 0.3 is 6.08 Å². The molecule has 8 nitrogen and oxygen atoms in total. The maximum absolute atomic E-state index is 13.3. The monoisotopic (exact) mass is 297 g/mol. The van der Waals surface area contributed by atoms with Crippen LogP contribution >= 0.6 is 0 Å². The van der Waals surface area contributed by atoms with Gasteiger partial charge in [-0.25, -0.2) is 4.98 Å². The second-order valence-electron chi connectivity index (χ2n) is 4.72. The predicted octanol–water partition coefficient (Wildman–Crippen LogP) is -0.808. The Kier molecular flexibility index (Phi) is 3.02. The second kappa shape index (κ2) is 4.63. The lowest BCUT2D eigenvalue weighted by Crippen LogP contribution is -2.41. The standard InChI is InChI=1S/C12H12FN5O3/c1-2-12(4-19)6(20)3-7(21-12)18-5-15-8-9(14)16-11(13)17-10(8)18/h1,5-7,19-20H,3-4H2,(H2,14,16,17)/t6-,7+,12+/m0/s1/i11+1,14+1,16+1,17+1. The van der Waals surface area contributed by atoms with Crippen LogP contribution in [0.3, 0.4) is 0 Å². The molecule has 2 aromatic heterocycles. The van der Waals surface area contributed by atoms with E-state index in [1.165, 1.54) is 10.9 Å². The molecule has 1 saturated heterocycles. The molecule has 0 bridgehead atoms. The number of hydrogen-bond donors (Lipinski definition) is 3. The number of ether oxygens (including phenoxy) is 1. The third-order valence-corrected chi connectivity index (χ3v) is 3.52. The number of rotatable bonds is 2. The normalized spacial score (nSPS) is 28.9. The van der Waals surface area contributed by atoms with E-state index in [4.69, 9.17) is 16.9 Å². The molecule has 3 atom stereocenters. The first kappa shape index (κ1) is 13.7. The van der Waals surface area contributed by atoms with Crippen molar-refractivity contribution in [2.75, 3.05) is 12.3 Å². The van der Waals surface area contributed by atoms with Gasteiger partial charge in [0.2, 0.25) is 0 Å². The second-order valence-corrected chi connectivity index (χ2v) is 4.72. The van der Waals surface area contributed by atoms with Crippen molar-refractivity contribution in [3.8, 4) is 12.3 Å². The number of aliphatic hydroxyl groups excluding tert-OH is 2. The van der Waals surface area contributed by atoms with Gasteiger partial charge in [-0.1, -0.05) is 5.92 Å². The number of aromatic nitrogens is 4. The molecule has 110 valence electrons. The molecule has 0 radical (unpaired) electrons. The van der Waals surface area contributed by atoms with Gasteiger partial charge in [0.25, 0.3) is 0 Å². The van der Waals surface area contributed by atoms with Crippen LogP contribution in [0.25, 0.3) is 11.2 Å². The lowest BCUT2D eigenvalue weighted by atomic mass is 9.99. The van der Waals surface area contributed by atoms with Crippen molar-refractivity contribution in [3.05, 3.63) is 12.4 Å². The number of hydrogen-bond acceptors (Lipinski definition) is 7. The minimum atomic E-state index is -1.50. The quantitative estimate of drug-likeness (QED) is 0.377. The van der Waals surface area contributed by atoms with Gasteiger partial charge in [-0.05, 0) is 0 Å². The van der Waals surface area contributed by atoms with Crippen LogP contribution in [-0.2, 0) is 4.74 Å². The van der Waals surface area contributed by atoms with Crippen LogP contribution in [0.4, 0.5) is 10.2 Å². The molecule has 4 N–H and O–H groups in total. The fourth-order valence-electron chi connectivity index (χ4n) is 2.36. The number of anilines is 1. The van der Waals surface area contributed by atoms with Crippen LogP contribution in [0.2, 0.25) is 0 Å². The molecule has 3 rings (SSSR count). The Morgan fingerprint density at radius 1 is 1.62 bits per heavy atom. The molecular formula is C12H12FN5O3. The Balaban J connectivity index is 2.05. The van der Waals surface area contributed by atoms with Crippen molar-refractivity contribution in [3.63, 3.8) is 0 Å². The van der Waals surface area contributed by atoms with Crippen molar-refractivity contribution in [2.24, 2.45) is 0 Å². The predicted molar refractivity (Wildman–Crippen MR) is 69.1 cm³/mol. The molecule has 0 saturated carbocycles. The molecular weight excluding hydrogens is 285 g/mol. The molecule has 1 aliphatic heterocycles. The molecule has 9 heteroatoms. The molecule has 1 aliphatic rings. The minimum absolute atomic E-state index is 0.0971. The Hall–Kier alpha value is -2.28. The fourth-order valence-corrected chi connectivity index (χ4v) is 2.36. The summed E-state index contributed by atoms with van der Waals surface area (Å²) in [4.78, 5) is 11.0. The molecule has 3 heterocycles. The molecule has 2 aromatic rings. The molecule has 0 aliphatic carbocycles. The van der Waals surface area contributed by atoms with Crippen molar-refractivity contribution in [2.45, 2.75) is 24.4 Å². The van der Waals surface area contributed by atoms with E-state index in [2.05, 4.69) is 20.9 Å². The first-order valence-electron chi connectivity index (χ1n) is 6.11. The molecule has 21 heavy (non-hydrogen) atoms. The summed E-state index contributed by atoms with van der Waals surface area (Å²) in [7, 11) is 0. The van der Waals surface area contributed by atoms with Gasteiger partial charge < -0.3 is 20.7 Å². The van der Waals surface area contributed by atoms with Crippen LogP contribution in [0.1, 0.15) is 12.6 Å². The smallest absolute Gasteiger partial charge is 0.312 e. The first-order chi connectivity index (χ1) is 10.0. The molecule has 0 aromatic carbocycles. The van der Waals surface area contributed by atoms with Crippen molar-refractivity contribution >= 4 is 17.0 Å². The van der Waals surface area contributed by atoms with E-state index in [-0.39, 0.29) is 23.4 Å². The minimum Gasteiger partial charge on any atom is -0.392 e. The van der Waals surface area contributed by atoms with E-state index in [1.807, 2.05) is 0 Å². The maximum atomic E-state index is 13.3. The first-order valence-corrected chi connectivity index (χ1v) is 6.11. The Morgan fingerprint density at radius 3 is 3.00 bits per heavy atom. The highest BCUT2D eigenvalue weighted by molar-refractivity contribution is 5.81. The van der Waals surface area contributed by atoms with E-state index >= 15 is 0 Å². The Morgan fingerprint density at radius 2 is 2.38 bits per heavy atom. The highest BCUT2D eigenvalue weighted by Gasteiger charge is 2.47. The number of nitrogens with zero attached hydrogens (tertiary/aromatic N) is 4. The van der Waals surface area contributed by atoms with Crippen molar-refractivity contribution < 1.29 is 19.3 Å². The number of halogens is 1. The van der Waals surface area contributed by atoms with Gasteiger partial charge in [-0.15, -0.1) is 6.42 Å². The number of imidazole rings is 1. The average Bonchev–Trinajstić information content (AvgIpc) is 3.00. The van der Waals surface area contributed by atoms with Crippen molar-refractivity contribution in [1.29, 1.82) is 0 Å². The SMILES string of the molecule is C#C[C@]1(CO)O[C@@H](n2cnc3c([15NH2])[15n][13c](F)[15n]c32)C[C@@H]1O. The van der Waals surface area contributed by atoms with E-state index in [9.17, 15) is 14.6 Å². The van der Waals surface area contributed by atoms with Crippen LogP contribution in [-0.4, -0.2) is 48.0 Å². The number of aliphatic hydroxyl groups is 2. The summed E-state index contributed by atoms with van der Waals surface area (Å²) < 4.78 is 20.2. The Labute approximate surface area is 118 Å². The van der Waals surface area contributed by atoms with E-state index in [0.29, 0.717) is 0 Å². The summed E-state index contributed by atoms with van der Waals surface area (Å²) in [5.41, 5.74) is 4.42. The van der Waals surface area contributed by atoms with Gasteiger partial charge in [0, 0.05) is 6.42 Å². The summed E-state index contributed by atoms with van der Waals surface area (Å²) in [5, 5.41) is 19.3. The molecule has 0 unspecified atom stereocenters. The van der Waals surface area contributed by atoms with Gasteiger partial charge in [0.15, 0.2) is 22.6 Å². The fraction of sp³-hybridized carbons (Fsp3) is 0.417. The van der Waals surface area contributed by atoms with Gasteiger partial charge in [0.1, 0.15) is 12.3 Å². The lowest BCUT2D eigenvalue weighted by Gasteiger charge is -2.23.